The van der Waals surface area contributed by atoms with Crippen molar-refractivity contribution < 1.29 is 15.0 Å². The summed E-state index contributed by atoms with van der Waals surface area (Å²) >= 11 is 0. The molecule has 6 nitrogen and oxygen atoms in total. The van der Waals surface area contributed by atoms with Gasteiger partial charge in [-0.15, -0.1) is 0 Å². The quantitative estimate of drug-likeness (QED) is 0.643. The third kappa shape index (κ3) is 3.49. The third-order valence-corrected chi connectivity index (χ3v) is 3.05. The van der Waals surface area contributed by atoms with E-state index in [4.69, 9.17) is 10.2 Å². The van der Waals surface area contributed by atoms with Crippen LogP contribution >= 0.6 is 0 Å². The van der Waals surface area contributed by atoms with Gasteiger partial charge in [0.1, 0.15) is 0 Å². The smallest absolute Gasteiger partial charge is 0.321 e. The molecule has 2 rings (SSSR count). The maximum atomic E-state index is 12.1. The van der Waals surface area contributed by atoms with E-state index in [9.17, 15) is 4.79 Å². The third-order valence-electron chi connectivity index (χ3n) is 3.05. The van der Waals surface area contributed by atoms with E-state index >= 15 is 0 Å². The lowest BCUT2D eigenvalue weighted by Gasteiger charge is -2.21. The lowest BCUT2D eigenvalue weighted by Crippen LogP contribution is -2.38. The highest BCUT2D eigenvalue weighted by molar-refractivity contribution is 5.92. The Labute approximate surface area is 117 Å². The maximum Gasteiger partial charge on any atom is 0.321 e. The monoisotopic (exact) mass is 277 g/mol. The summed E-state index contributed by atoms with van der Waals surface area (Å²) < 4.78 is 0. The number of hydrogen-bond acceptors (Lipinski definition) is 3. The Balaban J connectivity index is 2.03. The normalized spacial score (nSPS) is 10.7. The van der Waals surface area contributed by atoms with Crippen molar-refractivity contribution in [2.75, 3.05) is 31.6 Å². The minimum absolute atomic E-state index is 0.0184. The van der Waals surface area contributed by atoms with Crippen molar-refractivity contribution in [3.05, 3.63) is 30.5 Å². The molecule has 0 unspecified atom stereocenters. The van der Waals surface area contributed by atoms with Crippen LogP contribution in [0.5, 0.6) is 0 Å². The number of urea groups is 1. The molecule has 0 fully saturated rings. The molecule has 108 valence electrons. The Hall–Kier alpha value is -2.05. The van der Waals surface area contributed by atoms with Gasteiger partial charge in [-0.05, 0) is 30.7 Å². The SMILES string of the molecule is O=C(Nc1ccc2[nH]ccc2c1)N(CCO)CCCO. The number of aromatic amines is 1. The number of nitrogens with zero attached hydrogens (tertiary/aromatic N) is 1. The first-order valence-electron chi connectivity index (χ1n) is 6.59. The highest BCUT2D eigenvalue weighted by Crippen LogP contribution is 2.18. The van der Waals surface area contributed by atoms with Crippen molar-refractivity contribution in [1.82, 2.24) is 9.88 Å². The Kier molecular flexibility index (Phi) is 4.97. The van der Waals surface area contributed by atoms with Crippen molar-refractivity contribution >= 4 is 22.6 Å². The summed E-state index contributed by atoms with van der Waals surface area (Å²) in [5.41, 5.74) is 1.71. The number of amides is 2. The number of aliphatic hydroxyl groups excluding tert-OH is 2. The largest absolute Gasteiger partial charge is 0.396 e. The second-order valence-electron chi connectivity index (χ2n) is 4.50. The molecule has 20 heavy (non-hydrogen) atoms. The van der Waals surface area contributed by atoms with Crippen molar-refractivity contribution in [2.24, 2.45) is 0 Å². The molecule has 0 saturated carbocycles. The van der Waals surface area contributed by atoms with Gasteiger partial charge >= 0.3 is 6.03 Å². The zero-order valence-corrected chi connectivity index (χ0v) is 11.2. The fourth-order valence-corrected chi connectivity index (χ4v) is 2.03. The van der Waals surface area contributed by atoms with Crippen LogP contribution < -0.4 is 5.32 Å². The summed E-state index contributed by atoms with van der Waals surface area (Å²) in [6.45, 7) is 0.577. The lowest BCUT2D eigenvalue weighted by molar-refractivity contribution is 0.180. The zero-order valence-electron chi connectivity index (χ0n) is 11.2. The molecule has 0 atom stereocenters. The summed E-state index contributed by atoms with van der Waals surface area (Å²) in [7, 11) is 0. The second kappa shape index (κ2) is 6.93. The average Bonchev–Trinajstić information content (AvgIpc) is 2.90. The Morgan fingerprint density at radius 3 is 2.80 bits per heavy atom. The molecular formula is C14H19N3O3. The number of hydrogen-bond donors (Lipinski definition) is 4. The van der Waals surface area contributed by atoms with E-state index in [1.165, 1.54) is 4.90 Å². The summed E-state index contributed by atoms with van der Waals surface area (Å²) in [5, 5.41) is 21.6. The van der Waals surface area contributed by atoms with Crippen molar-refractivity contribution in [3.8, 4) is 0 Å². The van der Waals surface area contributed by atoms with Crippen LogP contribution in [0.25, 0.3) is 10.9 Å². The summed E-state index contributed by atoms with van der Waals surface area (Å²) in [4.78, 5) is 16.7. The van der Waals surface area contributed by atoms with Crippen LogP contribution in [0.15, 0.2) is 30.5 Å². The molecule has 1 aromatic heterocycles. The van der Waals surface area contributed by atoms with Crippen LogP contribution in [0.1, 0.15) is 6.42 Å². The van der Waals surface area contributed by atoms with Crippen LogP contribution in [0.4, 0.5) is 10.5 Å². The zero-order chi connectivity index (χ0) is 14.4. The lowest BCUT2D eigenvalue weighted by atomic mass is 10.2. The number of benzene rings is 1. The van der Waals surface area contributed by atoms with Gasteiger partial charge in [-0.25, -0.2) is 4.79 Å². The minimum atomic E-state index is -0.276. The molecule has 1 heterocycles. The van der Waals surface area contributed by atoms with Crippen molar-refractivity contribution in [2.45, 2.75) is 6.42 Å². The highest BCUT2D eigenvalue weighted by Gasteiger charge is 2.12. The average molecular weight is 277 g/mol. The van der Waals surface area contributed by atoms with Crippen molar-refractivity contribution in [3.63, 3.8) is 0 Å². The molecule has 0 aliphatic rings. The first-order valence-corrected chi connectivity index (χ1v) is 6.59. The molecule has 0 spiro atoms. The van der Waals surface area contributed by atoms with E-state index in [2.05, 4.69) is 10.3 Å². The van der Waals surface area contributed by atoms with Crippen LogP contribution in [0.3, 0.4) is 0 Å². The van der Waals surface area contributed by atoms with E-state index < -0.39 is 0 Å². The highest BCUT2D eigenvalue weighted by atomic mass is 16.3. The van der Waals surface area contributed by atoms with E-state index in [0.717, 1.165) is 10.9 Å². The maximum absolute atomic E-state index is 12.1. The van der Waals surface area contributed by atoms with Crippen LogP contribution in [0.2, 0.25) is 0 Å². The number of H-pyrrole nitrogens is 1. The summed E-state index contributed by atoms with van der Waals surface area (Å²) in [6.07, 6.45) is 2.33. The molecule has 6 heteroatoms. The first-order chi connectivity index (χ1) is 9.74. The number of carbonyl (C=O) groups excluding carboxylic acids is 1. The molecule has 2 aromatic rings. The fraction of sp³-hybridized carbons (Fsp3) is 0.357. The van der Waals surface area contributed by atoms with Gasteiger partial charge < -0.3 is 25.4 Å². The molecule has 1 aromatic carbocycles. The molecule has 0 aliphatic carbocycles. The van der Waals surface area contributed by atoms with E-state index in [-0.39, 0.29) is 25.8 Å². The molecule has 4 N–H and O–H groups in total. The topological polar surface area (TPSA) is 88.6 Å². The number of aliphatic hydroxyl groups is 2. The van der Waals surface area contributed by atoms with Gasteiger partial charge in [0.05, 0.1) is 6.61 Å². The Morgan fingerprint density at radius 2 is 2.05 bits per heavy atom. The molecule has 0 radical (unpaired) electrons. The van der Waals surface area contributed by atoms with Gasteiger partial charge in [-0.3, -0.25) is 0 Å². The summed E-state index contributed by atoms with van der Waals surface area (Å²) in [5.74, 6) is 0. The van der Waals surface area contributed by atoms with Crippen LogP contribution in [-0.4, -0.2) is 52.4 Å². The Bertz CT molecular complexity index is 568. The fourth-order valence-electron chi connectivity index (χ4n) is 2.03. The second-order valence-corrected chi connectivity index (χ2v) is 4.50. The van der Waals surface area contributed by atoms with Crippen LogP contribution in [-0.2, 0) is 0 Å². The standard InChI is InChI=1S/C14H19N3O3/c18-8-1-6-17(7-9-19)14(20)16-12-2-3-13-11(10-12)4-5-15-13/h2-5,10,15,18-19H,1,6-9H2,(H,16,20). The van der Waals surface area contributed by atoms with E-state index in [1.54, 1.807) is 0 Å². The molecule has 0 aliphatic heterocycles. The van der Waals surface area contributed by atoms with Gasteiger partial charge in [0.25, 0.3) is 0 Å². The minimum Gasteiger partial charge on any atom is -0.396 e. The number of fused-ring (bicyclic) bond motifs is 1. The van der Waals surface area contributed by atoms with Crippen molar-refractivity contribution in [1.29, 1.82) is 0 Å². The van der Waals surface area contributed by atoms with Crippen LogP contribution in [0, 0.1) is 0 Å². The predicted octanol–water partition coefficient (Wildman–Crippen LogP) is 1.38. The Morgan fingerprint density at radius 1 is 1.20 bits per heavy atom. The first kappa shape index (κ1) is 14.4. The van der Waals surface area contributed by atoms with Gasteiger partial charge in [0.2, 0.25) is 0 Å². The van der Waals surface area contributed by atoms with Gasteiger partial charge in [-0.1, -0.05) is 0 Å². The number of carbonyl (C=O) groups is 1. The number of rotatable bonds is 6. The number of anilines is 1. The van der Waals surface area contributed by atoms with Gasteiger partial charge in [-0.2, -0.15) is 0 Å². The molecule has 0 bridgehead atoms. The van der Waals surface area contributed by atoms with Gasteiger partial charge in [0.15, 0.2) is 0 Å². The number of nitrogens with one attached hydrogen (secondary N) is 2. The van der Waals surface area contributed by atoms with Gasteiger partial charge in [0, 0.05) is 42.5 Å². The van der Waals surface area contributed by atoms with E-state index in [1.807, 2.05) is 30.5 Å². The van der Waals surface area contributed by atoms with E-state index in [0.29, 0.717) is 18.7 Å². The molecule has 0 saturated heterocycles. The number of aromatic nitrogens is 1. The predicted molar refractivity (Wildman–Crippen MR) is 77.7 cm³/mol. The summed E-state index contributed by atoms with van der Waals surface area (Å²) in [6, 6.07) is 7.26. The molecule has 2 amide bonds. The molecular weight excluding hydrogens is 258 g/mol.